The molecule has 0 radical (unpaired) electrons. The van der Waals surface area contributed by atoms with E-state index in [-0.39, 0.29) is 23.2 Å². The van der Waals surface area contributed by atoms with Crippen LogP contribution >= 0.6 is 0 Å². The van der Waals surface area contributed by atoms with E-state index in [0.29, 0.717) is 12.8 Å². The third-order valence-electron chi connectivity index (χ3n) is 2.17. The molecule has 0 atom stereocenters. The molecule has 5 heteroatoms. The van der Waals surface area contributed by atoms with Crippen LogP contribution in [0.25, 0.3) is 0 Å². The number of sulfone groups is 1. The molecule has 0 aromatic carbocycles. The third kappa shape index (κ3) is 2.28. The zero-order valence-electron chi connectivity index (χ0n) is 6.69. The Morgan fingerprint density at radius 3 is 2.25 bits per heavy atom. The lowest BCUT2D eigenvalue weighted by atomic mass is 9.98. The monoisotopic (exact) mass is 192 g/mol. The van der Waals surface area contributed by atoms with Crippen molar-refractivity contribution in [3.8, 4) is 0 Å². The fourth-order valence-electron chi connectivity index (χ4n) is 1.34. The number of aliphatic hydroxyl groups excluding tert-OH is 1. The first-order valence-electron chi connectivity index (χ1n) is 3.89. The van der Waals surface area contributed by atoms with Crippen molar-refractivity contribution in [1.29, 1.82) is 0 Å². The molecule has 1 saturated heterocycles. The fourth-order valence-corrected chi connectivity index (χ4v) is 2.83. The van der Waals surface area contributed by atoms with Crippen LogP contribution < -0.4 is 0 Å². The van der Waals surface area contributed by atoms with Gasteiger partial charge in [0.1, 0.15) is 16.4 Å². The summed E-state index contributed by atoms with van der Waals surface area (Å²) in [4.78, 5) is 10.9. The van der Waals surface area contributed by atoms with Crippen molar-refractivity contribution in [2.75, 3.05) is 18.1 Å². The Kier molecular flexibility index (Phi) is 2.85. The topological polar surface area (TPSA) is 71.4 Å². The van der Waals surface area contributed by atoms with Gasteiger partial charge in [-0.15, -0.1) is 0 Å². The summed E-state index contributed by atoms with van der Waals surface area (Å²) in [7, 11) is -2.89. The minimum atomic E-state index is -2.89. The highest BCUT2D eigenvalue weighted by Crippen LogP contribution is 2.19. The van der Waals surface area contributed by atoms with Crippen LogP contribution in [0.1, 0.15) is 12.8 Å². The lowest BCUT2D eigenvalue weighted by Gasteiger charge is -2.19. The van der Waals surface area contributed by atoms with E-state index in [1.54, 1.807) is 0 Å². The molecule has 1 aliphatic heterocycles. The van der Waals surface area contributed by atoms with Gasteiger partial charge >= 0.3 is 0 Å². The second-order valence-corrected chi connectivity index (χ2v) is 5.35. The Balaban J connectivity index is 2.52. The number of aliphatic hydroxyl groups is 1. The molecule has 0 unspecified atom stereocenters. The van der Waals surface area contributed by atoms with Crippen molar-refractivity contribution in [2.45, 2.75) is 12.8 Å². The quantitative estimate of drug-likeness (QED) is 0.632. The lowest BCUT2D eigenvalue weighted by Crippen LogP contribution is -2.29. The van der Waals surface area contributed by atoms with Gasteiger partial charge in [0.15, 0.2) is 5.78 Å². The van der Waals surface area contributed by atoms with Gasteiger partial charge in [-0.2, -0.15) is 0 Å². The predicted octanol–water partition coefficient (Wildman–Crippen LogP) is -0.627. The maximum atomic E-state index is 10.9. The maximum Gasteiger partial charge on any atom is 0.161 e. The van der Waals surface area contributed by atoms with E-state index in [9.17, 15) is 13.2 Å². The van der Waals surface area contributed by atoms with Crippen molar-refractivity contribution in [3.05, 3.63) is 0 Å². The van der Waals surface area contributed by atoms with Crippen LogP contribution in [0.2, 0.25) is 0 Å². The molecule has 1 fully saturated rings. The molecule has 0 aliphatic carbocycles. The molecule has 12 heavy (non-hydrogen) atoms. The van der Waals surface area contributed by atoms with Gasteiger partial charge in [0.25, 0.3) is 0 Å². The molecule has 1 aliphatic rings. The Bertz CT molecular complexity index is 253. The summed E-state index contributed by atoms with van der Waals surface area (Å²) in [5.41, 5.74) is 0. The standard InChI is InChI=1S/C7H12O4S/c8-5-7(9)6-1-3-12(10,11)4-2-6/h6,8H,1-5H2. The van der Waals surface area contributed by atoms with Crippen LogP contribution in [-0.2, 0) is 14.6 Å². The van der Waals surface area contributed by atoms with Crippen molar-refractivity contribution in [2.24, 2.45) is 5.92 Å². The van der Waals surface area contributed by atoms with Crippen LogP contribution in [-0.4, -0.2) is 37.4 Å². The minimum Gasteiger partial charge on any atom is -0.389 e. The van der Waals surface area contributed by atoms with Crippen LogP contribution in [0, 0.1) is 5.92 Å². The van der Waals surface area contributed by atoms with E-state index in [2.05, 4.69) is 0 Å². The molecule has 0 aromatic heterocycles. The molecule has 0 bridgehead atoms. The highest BCUT2D eigenvalue weighted by molar-refractivity contribution is 7.91. The second-order valence-electron chi connectivity index (χ2n) is 3.05. The van der Waals surface area contributed by atoms with E-state index in [0.717, 1.165) is 0 Å². The van der Waals surface area contributed by atoms with Gasteiger partial charge in [0, 0.05) is 5.92 Å². The molecule has 1 rings (SSSR count). The Morgan fingerprint density at radius 1 is 1.33 bits per heavy atom. The summed E-state index contributed by atoms with van der Waals surface area (Å²) in [5.74, 6) is -0.296. The third-order valence-corrected chi connectivity index (χ3v) is 3.88. The largest absolute Gasteiger partial charge is 0.389 e. The number of ketones is 1. The Hall–Kier alpha value is -0.420. The zero-order chi connectivity index (χ0) is 9.19. The van der Waals surface area contributed by atoms with Crippen LogP contribution in [0.5, 0.6) is 0 Å². The molecule has 0 spiro atoms. The number of rotatable bonds is 2. The summed E-state index contributed by atoms with van der Waals surface area (Å²) >= 11 is 0. The minimum absolute atomic E-state index is 0.0867. The molecule has 0 aromatic rings. The van der Waals surface area contributed by atoms with Gasteiger partial charge in [0.2, 0.25) is 0 Å². The Labute approximate surface area is 71.5 Å². The van der Waals surface area contributed by atoms with Gasteiger partial charge < -0.3 is 5.11 Å². The summed E-state index contributed by atoms with van der Waals surface area (Å²) in [6, 6.07) is 0. The summed E-state index contributed by atoms with van der Waals surface area (Å²) in [6.45, 7) is -0.468. The molecule has 0 amide bonds. The highest BCUT2D eigenvalue weighted by Gasteiger charge is 2.27. The highest BCUT2D eigenvalue weighted by atomic mass is 32.2. The molecular weight excluding hydrogens is 180 g/mol. The van der Waals surface area contributed by atoms with Gasteiger partial charge in [-0.3, -0.25) is 4.79 Å². The molecule has 4 nitrogen and oxygen atoms in total. The number of carbonyl (C=O) groups excluding carboxylic acids is 1. The average molecular weight is 192 g/mol. The summed E-state index contributed by atoms with van der Waals surface area (Å²) in [5, 5.41) is 8.52. The average Bonchev–Trinajstić information content (AvgIpc) is 2.03. The van der Waals surface area contributed by atoms with Crippen molar-refractivity contribution < 1.29 is 18.3 Å². The molecule has 70 valence electrons. The van der Waals surface area contributed by atoms with E-state index < -0.39 is 16.4 Å². The van der Waals surface area contributed by atoms with E-state index >= 15 is 0 Å². The van der Waals surface area contributed by atoms with Crippen LogP contribution in [0.3, 0.4) is 0 Å². The first-order chi connectivity index (χ1) is 5.55. The van der Waals surface area contributed by atoms with E-state index in [4.69, 9.17) is 5.11 Å². The number of hydrogen-bond donors (Lipinski definition) is 1. The Morgan fingerprint density at radius 2 is 1.83 bits per heavy atom. The SMILES string of the molecule is O=C(CO)C1CCS(=O)(=O)CC1. The smallest absolute Gasteiger partial charge is 0.161 e. The molecular formula is C7H12O4S. The first kappa shape index (κ1) is 9.67. The maximum absolute atomic E-state index is 10.9. The zero-order valence-corrected chi connectivity index (χ0v) is 7.51. The van der Waals surface area contributed by atoms with Gasteiger partial charge in [0.05, 0.1) is 11.5 Å². The molecule has 1 heterocycles. The number of carbonyl (C=O) groups is 1. The van der Waals surface area contributed by atoms with Crippen molar-refractivity contribution >= 4 is 15.6 Å². The van der Waals surface area contributed by atoms with Gasteiger partial charge in [-0.05, 0) is 12.8 Å². The van der Waals surface area contributed by atoms with Crippen molar-refractivity contribution in [1.82, 2.24) is 0 Å². The number of Topliss-reactive ketones (excluding diaryl/α,β-unsaturated/α-hetero) is 1. The van der Waals surface area contributed by atoms with Crippen LogP contribution in [0.15, 0.2) is 0 Å². The molecule has 0 saturated carbocycles. The van der Waals surface area contributed by atoms with E-state index in [1.165, 1.54) is 0 Å². The summed E-state index contributed by atoms with van der Waals surface area (Å²) in [6.07, 6.45) is 0.753. The lowest BCUT2D eigenvalue weighted by molar-refractivity contribution is -0.125. The normalized spacial score (nSPS) is 23.8. The van der Waals surface area contributed by atoms with Gasteiger partial charge in [-0.25, -0.2) is 8.42 Å². The predicted molar refractivity (Wildman–Crippen MR) is 43.5 cm³/mol. The van der Waals surface area contributed by atoms with Crippen LogP contribution in [0.4, 0.5) is 0 Å². The first-order valence-corrected chi connectivity index (χ1v) is 5.71. The van der Waals surface area contributed by atoms with Gasteiger partial charge in [-0.1, -0.05) is 0 Å². The second kappa shape index (κ2) is 3.53. The summed E-state index contributed by atoms with van der Waals surface area (Å²) < 4.78 is 21.9. The molecule has 1 N–H and O–H groups in total. The fraction of sp³-hybridized carbons (Fsp3) is 0.857. The number of hydrogen-bond acceptors (Lipinski definition) is 4. The van der Waals surface area contributed by atoms with E-state index in [1.807, 2.05) is 0 Å². The van der Waals surface area contributed by atoms with Crippen molar-refractivity contribution in [3.63, 3.8) is 0 Å².